The van der Waals surface area contributed by atoms with Crippen molar-refractivity contribution in [1.82, 2.24) is 10.2 Å². The van der Waals surface area contributed by atoms with E-state index in [2.05, 4.69) is 5.32 Å². The van der Waals surface area contributed by atoms with Crippen LogP contribution in [0.3, 0.4) is 0 Å². The van der Waals surface area contributed by atoms with Crippen LogP contribution < -0.4 is 10.2 Å². The molecule has 3 amide bonds. The Morgan fingerprint density at radius 2 is 1.79 bits per heavy atom. The smallest absolute Gasteiger partial charge is 0.257 e. The molecule has 1 saturated heterocycles. The number of rotatable bonds is 8. The molecule has 2 aliphatic heterocycles. The highest BCUT2D eigenvalue weighted by molar-refractivity contribution is 6.10. The first-order valence-electron chi connectivity index (χ1n) is 11.5. The van der Waals surface area contributed by atoms with E-state index < -0.39 is 5.66 Å². The maximum atomic E-state index is 13.3. The van der Waals surface area contributed by atoms with Crippen LogP contribution in [-0.4, -0.2) is 40.9 Å². The summed E-state index contributed by atoms with van der Waals surface area (Å²) in [5.74, 6) is -0.268. The van der Waals surface area contributed by atoms with Gasteiger partial charge in [-0.15, -0.1) is 0 Å². The number of ether oxygens (including phenoxy) is 1. The van der Waals surface area contributed by atoms with Crippen molar-refractivity contribution in [1.29, 1.82) is 0 Å². The van der Waals surface area contributed by atoms with Gasteiger partial charge < -0.3 is 15.0 Å². The van der Waals surface area contributed by atoms with E-state index in [1.54, 1.807) is 21.9 Å². The van der Waals surface area contributed by atoms with Crippen LogP contribution in [0.25, 0.3) is 0 Å². The first-order valence-corrected chi connectivity index (χ1v) is 11.5. The molecule has 7 heteroatoms. The van der Waals surface area contributed by atoms with E-state index in [9.17, 15) is 14.4 Å². The Balaban J connectivity index is 1.42. The third kappa shape index (κ3) is 4.50. The average molecular weight is 450 g/mol. The SMILES string of the molecule is CC(C)OCc1ccccc1CNC(=O)CCN1C(=O)c2ccccc2N2C(=O)CCC12C. The van der Waals surface area contributed by atoms with Gasteiger partial charge in [0, 0.05) is 25.9 Å². The first-order chi connectivity index (χ1) is 15.8. The molecule has 2 aromatic carbocycles. The van der Waals surface area contributed by atoms with Gasteiger partial charge in [0.2, 0.25) is 11.8 Å². The van der Waals surface area contributed by atoms with E-state index in [-0.39, 0.29) is 36.8 Å². The predicted octanol–water partition coefficient (Wildman–Crippen LogP) is 3.62. The molecule has 1 N–H and O–H groups in total. The number of nitrogens with zero attached hydrogens (tertiary/aromatic N) is 2. The maximum absolute atomic E-state index is 13.3. The van der Waals surface area contributed by atoms with Crippen LogP contribution in [-0.2, 0) is 27.5 Å². The molecular weight excluding hydrogens is 418 g/mol. The summed E-state index contributed by atoms with van der Waals surface area (Å²) in [6.45, 7) is 7.03. The van der Waals surface area contributed by atoms with Gasteiger partial charge in [-0.2, -0.15) is 0 Å². The Morgan fingerprint density at radius 3 is 2.55 bits per heavy atom. The predicted molar refractivity (Wildman–Crippen MR) is 125 cm³/mol. The summed E-state index contributed by atoms with van der Waals surface area (Å²) < 4.78 is 5.71. The molecule has 1 unspecified atom stereocenters. The summed E-state index contributed by atoms with van der Waals surface area (Å²) in [5, 5.41) is 2.97. The number of benzene rings is 2. The van der Waals surface area contributed by atoms with Gasteiger partial charge >= 0.3 is 0 Å². The number of para-hydroxylation sites is 1. The molecule has 0 radical (unpaired) electrons. The highest BCUT2D eigenvalue weighted by Gasteiger charge is 2.52. The van der Waals surface area contributed by atoms with Crippen LogP contribution in [0.1, 0.15) is 61.5 Å². The third-order valence-electron chi connectivity index (χ3n) is 6.47. The fourth-order valence-electron chi connectivity index (χ4n) is 4.66. The summed E-state index contributed by atoms with van der Waals surface area (Å²) >= 11 is 0. The molecule has 33 heavy (non-hydrogen) atoms. The highest BCUT2D eigenvalue weighted by Crippen LogP contribution is 2.43. The molecule has 0 bridgehead atoms. The largest absolute Gasteiger partial charge is 0.374 e. The topological polar surface area (TPSA) is 79.0 Å². The molecule has 2 aliphatic rings. The molecular formula is C26H31N3O4. The lowest BCUT2D eigenvalue weighted by atomic mass is 9.98. The molecule has 0 aromatic heterocycles. The first kappa shape index (κ1) is 23.0. The van der Waals surface area contributed by atoms with Crippen molar-refractivity contribution in [2.24, 2.45) is 0 Å². The zero-order valence-electron chi connectivity index (χ0n) is 19.5. The standard InChI is InChI=1S/C26H31N3O4/c1-18(2)33-17-20-9-5-4-8-19(20)16-27-23(30)13-15-28-25(32)21-10-6-7-11-22(21)29-24(31)12-14-26(28,29)3/h4-11,18H,12-17H2,1-3H3,(H,27,30). The van der Waals surface area contributed by atoms with Crippen molar-refractivity contribution >= 4 is 23.4 Å². The molecule has 0 spiro atoms. The van der Waals surface area contributed by atoms with Crippen LogP contribution in [0, 0.1) is 0 Å². The summed E-state index contributed by atoms with van der Waals surface area (Å²) in [5.41, 5.74) is 2.47. The van der Waals surface area contributed by atoms with Crippen LogP contribution in [0.5, 0.6) is 0 Å². The summed E-state index contributed by atoms with van der Waals surface area (Å²) in [6, 6.07) is 15.1. The van der Waals surface area contributed by atoms with Gasteiger partial charge in [0.15, 0.2) is 0 Å². The van der Waals surface area contributed by atoms with Crippen LogP contribution in [0.4, 0.5) is 5.69 Å². The van der Waals surface area contributed by atoms with Crippen LogP contribution >= 0.6 is 0 Å². The second-order valence-corrected chi connectivity index (χ2v) is 9.08. The minimum atomic E-state index is -0.746. The van der Waals surface area contributed by atoms with E-state index in [1.807, 2.05) is 57.2 Å². The lowest BCUT2D eigenvalue weighted by Gasteiger charge is -2.48. The summed E-state index contributed by atoms with van der Waals surface area (Å²) in [7, 11) is 0. The Labute approximate surface area is 194 Å². The maximum Gasteiger partial charge on any atom is 0.257 e. The quantitative estimate of drug-likeness (QED) is 0.668. The Kier molecular flexibility index (Phi) is 6.51. The lowest BCUT2D eigenvalue weighted by molar-refractivity contribution is -0.121. The third-order valence-corrected chi connectivity index (χ3v) is 6.47. The van der Waals surface area contributed by atoms with Gasteiger partial charge in [-0.25, -0.2) is 0 Å². The van der Waals surface area contributed by atoms with Gasteiger partial charge in [0.05, 0.1) is 24.0 Å². The number of hydrogen-bond acceptors (Lipinski definition) is 4. The minimum Gasteiger partial charge on any atom is -0.374 e. The van der Waals surface area contributed by atoms with Crippen molar-refractivity contribution in [2.75, 3.05) is 11.4 Å². The fourth-order valence-corrected chi connectivity index (χ4v) is 4.66. The molecule has 174 valence electrons. The summed E-state index contributed by atoms with van der Waals surface area (Å²) in [6.07, 6.45) is 1.23. The van der Waals surface area contributed by atoms with E-state index in [0.29, 0.717) is 37.2 Å². The number of hydrogen-bond donors (Lipinski definition) is 1. The number of nitrogens with one attached hydrogen (secondary N) is 1. The van der Waals surface area contributed by atoms with Crippen molar-refractivity contribution in [3.63, 3.8) is 0 Å². The molecule has 2 aromatic rings. The fraction of sp³-hybridized carbons (Fsp3) is 0.423. The normalized spacial score (nSPS) is 19.6. The van der Waals surface area contributed by atoms with Crippen molar-refractivity contribution in [3.05, 3.63) is 65.2 Å². The average Bonchev–Trinajstić information content (AvgIpc) is 3.11. The molecule has 7 nitrogen and oxygen atoms in total. The van der Waals surface area contributed by atoms with E-state index in [1.165, 1.54) is 0 Å². The van der Waals surface area contributed by atoms with Gasteiger partial charge in [-0.05, 0) is 50.5 Å². The Bertz CT molecular complexity index is 1070. The second kappa shape index (κ2) is 9.35. The highest BCUT2D eigenvalue weighted by atomic mass is 16.5. The molecule has 0 saturated carbocycles. The number of carbonyl (C=O) groups excluding carboxylic acids is 3. The molecule has 4 rings (SSSR count). The van der Waals surface area contributed by atoms with Gasteiger partial charge in [0.25, 0.3) is 5.91 Å². The van der Waals surface area contributed by atoms with Crippen molar-refractivity contribution in [3.8, 4) is 0 Å². The zero-order valence-corrected chi connectivity index (χ0v) is 19.5. The van der Waals surface area contributed by atoms with E-state index in [4.69, 9.17) is 4.74 Å². The van der Waals surface area contributed by atoms with Crippen LogP contribution in [0.15, 0.2) is 48.5 Å². The molecule has 2 heterocycles. The number of amides is 3. The van der Waals surface area contributed by atoms with Gasteiger partial charge in [0.1, 0.15) is 5.66 Å². The molecule has 1 atom stereocenters. The zero-order chi connectivity index (χ0) is 23.6. The van der Waals surface area contributed by atoms with Gasteiger partial charge in [-0.1, -0.05) is 36.4 Å². The monoisotopic (exact) mass is 449 g/mol. The lowest BCUT2D eigenvalue weighted by Crippen LogP contribution is -2.62. The Hall–Kier alpha value is -3.19. The van der Waals surface area contributed by atoms with Gasteiger partial charge in [-0.3, -0.25) is 19.3 Å². The molecule has 0 aliphatic carbocycles. The summed E-state index contributed by atoms with van der Waals surface area (Å²) in [4.78, 5) is 42.0. The molecule has 1 fully saturated rings. The van der Waals surface area contributed by atoms with Crippen molar-refractivity contribution in [2.45, 2.75) is 65.0 Å². The minimum absolute atomic E-state index is 0.00660. The Morgan fingerprint density at radius 1 is 1.09 bits per heavy atom. The second-order valence-electron chi connectivity index (χ2n) is 9.08. The van der Waals surface area contributed by atoms with Crippen LogP contribution in [0.2, 0.25) is 0 Å². The number of fused-ring (bicyclic) bond motifs is 3. The van der Waals surface area contributed by atoms with E-state index in [0.717, 1.165) is 11.1 Å². The number of anilines is 1. The van der Waals surface area contributed by atoms with Crippen molar-refractivity contribution < 1.29 is 19.1 Å². The van der Waals surface area contributed by atoms with E-state index >= 15 is 0 Å². The number of carbonyl (C=O) groups is 3.